The minimum Gasteiger partial charge on any atom is -0.501 e. The Balaban J connectivity index is 3.44. The maximum absolute atomic E-state index is 5.97. The molecule has 1 atom stereocenters. The summed E-state index contributed by atoms with van der Waals surface area (Å²) in [4.78, 5) is 0. The Hall–Kier alpha value is 1.39. The number of ether oxygens (including phenoxy) is 1. The van der Waals surface area contributed by atoms with Crippen LogP contribution in [0.4, 0.5) is 0 Å². The quantitative estimate of drug-likeness (QED) is 0.381. The minimum absolute atomic E-state index is 0.673. The van der Waals surface area contributed by atoms with Crippen LogP contribution in [0.2, 0.25) is 0 Å². The number of allylic oxidation sites excluding steroid dienone is 1. The molecule has 94 valence electrons. The van der Waals surface area contributed by atoms with E-state index in [-0.39, 0.29) is 0 Å². The van der Waals surface area contributed by atoms with E-state index in [1.165, 1.54) is 0 Å². The maximum Gasteiger partial charge on any atom is 0.255 e. The highest BCUT2D eigenvalue weighted by atomic mass is 35.9. The van der Waals surface area contributed by atoms with Crippen molar-refractivity contribution in [2.45, 2.75) is 6.92 Å². The molecule has 0 saturated heterocycles. The highest BCUT2D eigenvalue weighted by molar-refractivity contribution is 8.21. The van der Waals surface area contributed by atoms with Crippen LogP contribution in [-0.2, 0) is 4.74 Å². The monoisotopic (exact) mass is 361 g/mol. The second-order valence-corrected chi connectivity index (χ2v) is 16.0. The standard InChI is InChI=1S/C5H10Cl4N3OP3/c1-5(13-2)4-14(3)10-15(6,7)12-16(8,9)11-14/h4H,1-3H3. The molecule has 0 radical (unpaired) electrons. The average Bonchev–Trinajstić information content (AvgIpc) is 1.95. The van der Waals surface area contributed by atoms with Gasteiger partial charge < -0.3 is 4.74 Å². The molecule has 1 unspecified atom stereocenters. The van der Waals surface area contributed by atoms with E-state index >= 15 is 0 Å². The largest absolute Gasteiger partial charge is 0.501 e. The van der Waals surface area contributed by atoms with E-state index in [0.717, 1.165) is 0 Å². The third kappa shape index (κ3) is 4.58. The predicted octanol–water partition coefficient (Wildman–Crippen LogP) is 7.10. The van der Waals surface area contributed by atoms with E-state index < -0.39 is 19.0 Å². The molecule has 0 amide bonds. The molecule has 0 aromatic heterocycles. The summed E-state index contributed by atoms with van der Waals surface area (Å²) in [5.41, 5.74) is 0. The zero-order chi connectivity index (χ0) is 12.6. The highest BCUT2D eigenvalue weighted by Crippen LogP contribution is 2.84. The van der Waals surface area contributed by atoms with Crippen LogP contribution < -0.4 is 0 Å². The van der Waals surface area contributed by atoms with Gasteiger partial charge in [0.1, 0.15) is 7.21 Å². The molecule has 0 aromatic carbocycles. The van der Waals surface area contributed by atoms with Gasteiger partial charge in [-0.25, -0.2) is 9.03 Å². The van der Waals surface area contributed by atoms with Crippen LogP contribution in [0, 0.1) is 0 Å². The van der Waals surface area contributed by atoms with Gasteiger partial charge in [-0.2, -0.15) is 4.52 Å². The van der Waals surface area contributed by atoms with E-state index in [4.69, 9.17) is 49.7 Å². The number of methoxy groups -OCH3 is 1. The summed E-state index contributed by atoms with van der Waals surface area (Å²) in [7, 11) is -0.684. The van der Waals surface area contributed by atoms with Crippen LogP contribution in [0.15, 0.2) is 25.1 Å². The van der Waals surface area contributed by atoms with E-state index in [9.17, 15) is 0 Å². The summed E-state index contributed by atoms with van der Waals surface area (Å²) in [6.45, 7) is 3.59. The molecule has 0 bridgehead atoms. The van der Waals surface area contributed by atoms with Gasteiger partial charge in [0.15, 0.2) is 0 Å². The molecule has 1 rings (SSSR count). The number of halogens is 4. The van der Waals surface area contributed by atoms with Gasteiger partial charge in [0, 0.05) is 5.82 Å². The first-order valence-electron chi connectivity index (χ1n) is 3.98. The molecule has 4 nitrogen and oxygen atoms in total. The second-order valence-electron chi connectivity index (χ2n) is 3.10. The molecule has 0 fully saturated rings. The van der Waals surface area contributed by atoms with E-state index in [2.05, 4.69) is 13.5 Å². The van der Waals surface area contributed by atoms with Crippen LogP contribution in [0.25, 0.3) is 0 Å². The third-order valence-electron chi connectivity index (χ3n) is 1.54. The number of hydrogen-bond donors (Lipinski definition) is 0. The number of hydrogen-bond acceptors (Lipinski definition) is 4. The maximum atomic E-state index is 5.97. The Morgan fingerprint density at radius 2 is 1.56 bits per heavy atom. The Kier molecular flexibility index (Phi) is 5.00. The fourth-order valence-corrected chi connectivity index (χ4v) is 17.9. The lowest BCUT2D eigenvalue weighted by atomic mass is 10.7. The molecule has 1 heterocycles. The molecule has 16 heavy (non-hydrogen) atoms. The molecule has 11 heteroatoms. The van der Waals surface area contributed by atoms with Crippen LogP contribution in [0.1, 0.15) is 6.92 Å². The van der Waals surface area contributed by atoms with Gasteiger partial charge in [-0.05, 0) is 58.6 Å². The van der Waals surface area contributed by atoms with E-state index in [1.807, 2.05) is 6.66 Å². The van der Waals surface area contributed by atoms with Gasteiger partial charge in [-0.15, -0.1) is 0 Å². The summed E-state index contributed by atoms with van der Waals surface area (Å²) in [6.07, 6.45) is 0. The molecular weight excluding hydrogens is 353 g/mol. The van der Waals surface area contributed by atoms with Crippen molar-refractivity contribution in [3.8, 4) is 0 Å². The first kappa shape index (κ1) is 15.4. The minimum atomic E-state index is -2.81. The normalized spacial score (nSPS) is 32.1. The molecule has 1 aliphatic heterocycles. The molecule has 0 N–H and O–H groups in total. The van der Waals surface area contributed by atoms with Crippen LogP contribution in [0.5, 0.6) is 0 Å². The zero-order valence-corrected chi connectivity index (χ0v) is 14.4. The van der Waals surface area contributed by atoms with Gasteiger partial charge in [-0.3, -0.25) is 0 Å². The number of nitrogens with zero attached hydrogens (tertiary/aromatic N) is 3. The summed E-state index contributed by atoms with van der Waals surface area (Å²) in [6, 6.07) is 0. The fourth-order valence-electron chi connectivity index (χ4n) is 1.07. The summed E-state index contributed by atoms with van der Waals surface area (Å²) in [5, 5.41) is 0. The van der Waals surface area contributed by atoms with Crippen LogP contribution in [-0.4, -0.2) is 13.8 Å². The lowest BCUT2D eigenvalue weighted by Crippen LogP contribution is -1.80. The lowest BCUT2D eigenvalue weighted by molar-refractivity contribution is 0.294. The third-order valence-corrected chi connectivity index (χ3v) is 13.6. The smallest absolute Gasteiger partial charge is 0.255 e. The van der Waals surface area contributed by atoms with Gasteiger partial charge in [0.2, 0.25) is 0 Å². The Bertz CT molecular complexity index is 480. The molecule has 1 aliphatic rings. The summed E-state index contributed by atoms with van der Waals surface area (Å²) in [5.74, 6) is -3.18. The molecule has 0 aliphatic carbocycles. The van der Waals surface area contributed by atoms with Crippen molar-refractivity contribution in [2.75, 3.05) is 13.8 Å². The summed E-state index contributed by atoms with van der Waals surface area (Å²) < 4.78 is 17.4. The average molecular weight is 363 g/mol. The van der Waals surface area contributed by atoms with Crippen molar-refractivity contribution < 1.29 is 4.74 Å². The van der Waals surface area contributed by atoms with Crippen molar-refractivity contribution in [3.63, 3.8) is 0 Å². The molecule has 0 saturated carbocycles. The van der Waals surface area contributed by atoms with Crippen molar-refractivity contribution >= 4 is 64.0 Å². The van der Waals surface area contributed by atoms with Crippen molar-refractivity contribution in [2.24, 2.45) is 13.5 Å². The van der Waals surface area contributed by atoms with Crippen LogP contribution >= 0.6 is 64.0 Å². The topological polar surface area (TPSA) is 46.3 Å². The van der Waals surface area contributed by atoms with Gasteiger partial charge in [-0.1, -0.05) is 0 Å². The molecule has 0 spiro atoms. The second kappa shape index (κ2) is 5.17. The number of rotatable bonds is 2. The van der Waals surface area contributed by atoms with E-state index in [1.54, 1.807) is 19.9 Å². The Morgan fingerprint density at radius 3 is 2.00 bits per heavy atom. The molecular formula is C5H10Cl4N3OP3. The molecule has 0 aromatic rings. The highest BCUT2D eigenvalue weighted by Gasteiger charge is 2.29. The van der Waals surface area contributed by atoms with Gasteiger partial charge in [0.25, 0.3) is 11.8 Å². The first-order valence-corrected chi connectivity index (χ1v) is 13.2. The van der Waals surface area contributed by atoms with E-state index in [0.29, 0.717) is 5.76 Å². The van der Waals surface area contributed by atoms with Crippen molar-refractivity contribution in [3.05, 3.63) is 11.6 Å². The van der Waals surface area contributed by atoms with Crippen LogP contribution in [0.3, 0.4) is 0 Å². The SMILES string of the molecule is COC(C)=CP1(C)=NP(Cl)(Cl)=NP(Cl)(Cl)=N1. The zero-order valence-electron chi connectivity index (χ0n) is 8.68. The Morgan fingerprint density at radius 1 is 1.06 bits per heavy atom. The lowest BCUT2D eigenvalue weighted by Gasteiger charge is -2.21. The first-order chi connectivity index (χ1) is 7.08. The van der Waals surface area contributed by atoms with Crippen molar-refractivity contribution in [1.29, 1.82) is 0 Å². The summed E-state index contributed by atoms with van der Waals surface area (Å²) >= 11 is 23.9. The van der Waals surface area contributed by atoms with Gasteiger partial charge in [0.05, 0.1) is 12.9 Å². The van der Waals surface area contributed by atoms with Crippen molar-refractivity contribution in [1.82, 2.24) is 0 Å². The van der Waals surface area contributed by atoms with Gasteiger partial charge >= 0.3 is 0 Å². The fraction of sp³-hybridized carbons (Fsp3) is 0.600. The predicted molar refractivity (Wildman–Crippen MR) is 78.1 cm³/mol. The Labute approximate surface area is 114 Å².